The van der Waals surface area contributed by atoms with Gasteiger partial charge in [0.1, 0.15) is 0 Å². The monoisotopic (exact) mass is 414 g/mol. The van der Waals surface area contributed by atoms with Crippen LogP contribution in [0.1, 0.15) is 33.1 Å². The van der Waals surface area contributed by atoms with Gasteiger partial charge in [0.2, 0.25) is 5.91 Å². The predicted octanol–water partition coefficient (Wildman–Crippen LogP) is 2.25. The molecule has 1 saturated heterocycles. The molecular weight excluding hydrogens is 384 g/mol. The number of amides is 3. The smallest absolute Gasteiger partial charge is 0.337 e. The second-order valence-electron chi connectivity index (χ2n) is 7.60. The Bertz CT molecular complexity index is 809. The van der Waals surface area contributed by atoms with E-state index in [1.54, 1.807) is 6.92 Å². The van der Waals surface area contributed by atoms with Gasteiger partial charge in [-0.25, -0.2) is 9.59 Å². The van der Waals surface area contributed by atoms with Gasteiger partial charge in [0.15, 0.2) is 0 Å². The highest BCUT2D eigenvalue weighted by Crippen LogP contribution is 2.22. The van der Waals surface area contributed by atoms with E-state index in [0.717, 1.165) is 25.1 Å². The fourth-order valence-electron chi connectivity index (χ4n) is 3.99. The number of urea groups is 1. The molecule has 3 N–H and O–H groups in total. The van der Waals surface area contributed by atoms with Gasteiger partial charge in [0.25, 0.3) is 0 Å². The van der Waals surface area contributed by atoms with E-state index in [2.05, 4.69) is 20.9 Å². The van der Waals surface area contributed by atoms with Crippen LogP contribution in [0, 0.1) is 5.92 Å². The van der Waals surface area contributed by atoms with Crippen molar-refractivity contribution in [1.29, 1.82) is 0 Å². The van der Waals surface area contributed by atoms with E-state index in [1.165, 1.54) is 0 Å². The molecule has 1 aromatic carbocycles. The zero-order valence-corrected chi connectivity index (χ0v) is 17.6. The van der Waals surface area contributed by atoms with E-state index in [4.69, 9.17) is 4.74 Å². The molecule has 3 amide bonds. The first-order valence-electron chi connectivity index (χ1n) is 10.6. The van der Waals surface area contributed by atoms with E-state index in [1.807, 2.05) is 37.3 Å². The fourth-order valence-corrected chi connectivity index (χ4v) is 3.99. The van der Waals surface area contributed by atoms with Gasteiger partial charge in [-0.3, -0.25) is 9.69 Å². The second kappa shape index (κ2) is 10.2. The number of rotatable bonds is 7. The SMILES string of the molecule is CCOC(=O)C1=C(CN2CCCC(C(=O)Nc3ccccc3)C2)NC(=O)NC1CC. The molecule has 2 unspecified atom stereocenters. The van der Waals surface area contributed by atoms with Crippen LogP contribution in [0.15, 0.2) is 41.6 Å². The van der Waals surface area contributed by atoms with Crippen molar-refractivity contribution in [1.82, 2.24) is 15.5 Å². The number of esters is 1. The zero-order valence-electron chi connectivity index (χ0n) is 17.6. The van der Waals surface area contributed by atoms with E-state index in [-0.39, 0.29) is 30.5 Å². The summed E-state index contributed by atoms with van der Waals surface area (Å²) in [5.74, 6) is -0.571. The third-order valence-corrected chi connectivity index (χ3v) is 5.45. The van der Waals surface area contributed by atoms with Crippen LogP contribution in [0.2, 0.25) is 0 Å². The van der Waals surface area contributed by atoms with Gasteiger partial charge in [0, 0.05) is 24.5 Å². The van der Waals surface area contributed by atoms with Crippen molar-refractivity contribution in [3.63, 3.8) is 0 Å². The van der Waals surface area contributed by atoms with Crippen molar-refractivity contribution in [2.24, 2.45) is 5.92 Å². The largest absolute Gasteiger partial charge is 0.463 e. The Morgan fingerprint density at radius 2 is 2.00 bits per heavy atom. The summed E-state index contributed by atoms with van der Waals surface area (Å²) in [6, 6.07) is 8.71. The molecule has 0 saturated carbocycles. The van der Waals surface area contributed by atoms with Crippen LogP contribution in [-0.2, 0) is 14.3 Å². The molecule has 2 aliphatic rings. The normalized spacial score (nSPS) is 22.1. The van der Waals surface area contributed by atoms with Crippen LogP contribution in [0.25, 0.3) is 0 Å². The summed E-state index contributed by atoms with van der Waals surface area (Å²) < 4.78 is 5.22. The Labute approximate surface area is 177 Å². The minimum absolute atomic E-state index is 0.00808. The topological polar surface area (TPSA) is 99.8 Å². The van der Waals surface area contributed by atoms with Crippen LogP contribution >= 0.6 is 0 Å². The molecule has 0 aliphatic carbocycles. The molecular formula is C22H30N4O4. The van der Waals surface area contributed by atoms with Crippen molar-refractivity contribution in [3.8, 4) is 0 Å². The third kappa shape index (κ3) is 5.38. The lowest BCUT2D eigenvalue weighted by atomic mass is 9.95. The second-order valence-corrected chi connectivity index (χ2v) is 7.60. The van der Waals surface area contributed by atoms with Crippen LogP contribution in [0.3, 0.4) is 0 Å². The fraction of sp³-hybridized carbons (Fsp3) is 0.500. The Kier molecular flexibility index (Phi) is 7.46. The van der Waals surface area contributed by atoms with Crippen LogP contribution < -0.4 is 16.0 Å². The van der Waals surface area contributed by atoms with Gasteiger partial charge in [-0.05, 0) is 44.9 Å². The molecule has 162 valence electrons. The number of para-hydroxylation sites is 1. The standard InChI is InChI=1S/C22H30N4O4/c1-3-17-19(21(28)30-4-2)18(25-22(29)24-17)14-26-12-8-9-15(13-26)20(27)23-16-10-6-5-7-11-16/h5-7,10-11,15,17H,3-4,8-9,12-14H2,1-2H3,(H,23,27)(H2,24,25,29). The number of anilines is 1. The summed E-state index contributed by atoms with van der Waals surface area (Å²) in [7, 11) is 0. The lowest BCUT2D eigenvalue weighted by molar-refractivity contribution is -0.139. The molecule has 0 spiro atoms. The van der Waals surface area contributed by atoms with Gasteiger partial charge < -0.3 is 20.7 Å². The molecule has 8 nitrogen and oxygen atoms in total. The van der Waals surface area contributed by atoms with Crippen LogP contribution in [0.4, 0.5) is 10.5 Å². The van der Waals surface area contributed by atoms with Gasteiger partial charge in [-0.2, -0.15) is 0 Å². The predicted molar refractivity (Wildman–Crippen MR) is 114 cm³/mol. The van der Waals surface area contributed by atoms with Crippen molar-refractivity contribution in [2.75, 3.05) is 31.6 Å². The summed E-state index contributed by atoms with van der Waals surface area (Å²) in [6.45, 7) is 5.71. The van der Waals surface area contributed by atoms with E-state index < -0.39 is 5.97 Å². The van der Waals surface area contributed by atoms with E-state index in [0.29, 0.717) is 30.8 Å². The summed E-state index contributed by atoms with van der Waals surface area (Å²) in [5, 5.41) is 8.54. The average Bonchev–Trinajstić information content (AvgIpc) is 2.74. The minimum Gasteiger partial charge on any atom is -0.463 e. The highest BCUT2D eigenvalue weighted by molar-refractivity contribution is 5.95. The van der Waals surface area contributed by atoms with Crippen LogP contribution in [0.5, 0.6) is 0 Å². The summed E-state index contributed by atoms with van der Waals surface area (Å²) in [5.41, 5.74) is 1.81. The molecule has 0 aromatic heterocycles. The molecule has 0 bridgehead atoms. The lowest BCUT2D eigenvalue weighted by Gasteiger charge is -2.35. The van der Waals surface area contributed by atoms with Crippen molar-refractivity contribution in [2.45, 2.75) is 39.2 Å². The molecule has 2 heterocycles. The first-order valence-corrected chi connectivity index (χ1v) is 10.6. The number of ether oxygens (including phenoxy) is 1. The number of carbonyl (C=O) groups is 3. The minimum atomic E-state index is -0.415. The Morgan fingerprint density at radius 1 is 1.23 bits per heavy atom. The van der Waals surface area contributed by atoms with E-state index >= 15 is 0 Å². The van der Waals surface area contributed by atoms with Gasteiger partial charge in [-0.15, -0.1) is 0 Å². The summed E-state index contributed by atoms with van der Waals surface area (Å²) in [6.07, 6.45) is 2.27. The maximum Gasteiger partial charge on any atom is 0.337 e. The number of nitrogens with one attached hydrogen (secondary N) is 3. The number of piperidine rings is 1. The quantitative estimate of drug-likeness (QED) is 0.594. The highest BCUT2D eigenvalue weighted by Gasteiger charge is 2.33. The van der Waals surface area contributed by atoms with Crippen molar-refractivity contribution in [3.05, 3.63) is 41.6 Å². The number of hydrogen-bond donors (Lipinski definition) is 3. The molecule has 1 aromatic rings. The molecule has 2 aliphatic heterocycles. The van der Waals surface area contributed by atoms with Crippen molar-refractivity contribution >= 4 is 23.6 Å². The molecule has 0 radical (unpaired) electrons. The zero-order chi connectivity index (χ0) is 21.5. The van der Waals surface area contributed by atoms with Crippen molar-refractivity contribution < 1.29 is 19.1 Å². The average molecular weight is 415 g/mol. The summed E-state index contributed by atoms with van der Waals surface area (Å²) >= 11 is 0. The maximum absolute atomic E-state index is 12.7. The molecule has 3 rings (SSSR count). The van der Waals surface area contributed by atoms with Crippen LogP contribution in [-0.4, -0.2) is 55.1 Å². The Balaban J connectivity index is 1.71. The maximum atomic E-state index is 12.7. The van der Waals surface area contributed by atoms with Gasteiger partial charge in [0.05, 0.1) is 24.1 Å². The highest BCUT2D eigenvalue weighted by atomic mass is 16.5. The summed E-state index contributed by atoms with van der Waals surface area (Å²) in [4.78, 5) is 39.5. The number of nitrogens with zero attached hydrogens (tertiary/aromatic N) is 1. The third-order valence-electron chi connectivity index (χ3n) is 5.45. The Morgan fingerprint density at radius 3 is 2.70 bits per heavy atom. The number of carbonyl (C=O) groups excluding carboxylic acids is 3. The molecule has 1 fully saturated rings. The molecule has 30 heavy (non-hydrogen) atoms. The number of likely N-dealkylation sites (tertiary alicyclic amines) is 1. The molecule has 8 heteroatoms. The lowest BCUT2D eigenvalue weighted by Crippen LogP contribution is -2.53. The first-order chi connectivity index (χ1) is 14.5. The number of hydrogen-bond acceptors (Lipinski definition) is 5. The first kappa shape index (κ1) is 21.8. The Hall–Kier alpha value is -2.87. The van der Waals surface area contributed by atoms with Gasteiger partial charge in [-0.1, -0.05) is 25.1 Å². The molecule has 2 atom stereocenters. The number of benzene rings is 1. The van der Waals surface area contributed by atoms with E-state index in [9.17, 15) is 14.4 Å². The van der Waals surface area contributed by atoms with Gasteiger partial charge >= 0.3 is 12.0 Å².